The van der Waals surface area contributed by atoms with Crippen LogP contribution >= 0.6 is 11.6 Å². The first-order chi connectivity index (χ1) is 8.72. The fraction of sp³-hybridized carbons (Fsp3) is 0.500. The fourth-order valence-corrected chi connectivity index (χ4v) is 2.66. The second-order valence-electron chi connectivity index (χ2n) is 4.48. The second kappa shape index (κ2) is 5.72. The third kappa shape index (κ3) is 2.25. The summed E-state index contributed by atoms with van der Waals surface area (Å²) in [5, 5.41) is 4.10. The Morgan fingerprint density at radius 1 is 1.39 bits per heavy atom. The number of nitrogens with one attached hydrogen (secondary N) is 1. The zero-order valence-corrected chi connectivity index (χ0v) is 12.0. The molecular weight excluding hydrogens is 246 g/mol. The lowest BCUT2D eigenvalue weighted by Gasteiger charge is -2.16. The normalized spacial score (nSPS) is 13.1. The number of hydrogen-bond acceptors (Lipinski definition) is 2. The highest BCUT2D eigenvalue weighted by atomic mass is 35.5. The van der Waals surface area contributed by atoms with Crippen LogP contribution in [-0.4, -0.2) is 16.6 Å². The Hall–Kier alpha value is -1.06. The number of benzene rings is 1. The van der Waals surface area contributed by atoms with E-state index in [0.29, 0.717) is 0 Å². The highest BCUT2D eigenvalue weighted by molar-refractivity contribution is 6.35. The molecule has 0 bridgehead atoms. The number of halogens is 1. The quantitative estimate of drug-likeness (QED) is 0.892. The van der Waals surface area contributed by atoms with Crippen molar-refractivity contribution in [1.29, 1.82) is 0 Å². The molecule has 0 aliphatic rings. The van der Waals surface area contributed by atoms with Crippen molar-refractivity contribution >= 4 is 22.6 Å². The third-order valence-corrected chi connectivity index (χ3v) is 3.57. The second-order valence-corrected chi connectivity index (χ2v) is 4.89. The molecule has 98 valence electrons. The van der Waals surface area contributed by atoms with Crippen LogP contribution in [0.2, 0.25) is 5.02 Å². The Bertz CT molecular complexity index is 529. The van der Waals surface area contributed by atoms with E-state index in [9.17, 15) is 0 Å². The number of aryl methyl sites for hydroxylation is 1. The van der Waals surface area contributed by atoms with Gasteiger partial charge in [0.1, 0.15) is 5.82 Å². The van der Waals surface area contributed by atoms with E-state index in [-0.39, 0.29) is 6.04 Å². The van der Waals surface area contributed by atoms with Crippen LogP contribution in [-0.2, 0) is 6.54 Å². The molecule has 1 aromatic carbocycles. The predicted octanol–water partition coefficient (Wildman–Crippen LogP) is 3.77. The van der Waals surface area contributed by atoms with Crippen LogP contribution in [0.15, 0.2) is 18.2 Å². The fourth-order valence-electron chi connectivity index (χ4n) is 2.39. The molecule has 1 heterocycles. The van der Waals surface area contributed by atoms with Crippen LogP contribution < -0.4 is 5.32 Å². The summed E-state index contributed by atoms with van der Waals surface area (Å²) in [5.41, 5.74) is 2.05. The van der Waals surface area contributed by atoms with E-state index in [1.54, 1.807) is 0 Å². The minimum atomic E-state index is 0.278. The van der Waals surface area contributed by atoms with Crippen LogP contribution in [0.4, 0.5) is 0 Å². The molecular formula is C14H20ClN3. The van der Waals surface area contributed by atoms with Crippen LogP contribution in [0, 0.1) is 0 Å². The lowest BCUT2D eigenvalue weighted by atomic mass is 10.2. The highest BCUT2D eigenvalue weighted by Gasteiger charge is 2.18. The summed E-state index contributed by atoms with van der Waals surface area (Å²) in [6.07, 6.45) is 2.09. The summed E-state index contributed by atoms with van der Waals surface area (Å²) in [6, 6.07) is 6.19. The molecule has 1 atom stereocenters. The SMILES string of the molecule is CCCn1c(C(CC)NC)nc2cccc(Cl)c21. The van der Waals surface area contributed by atoms with E-state index >= 15 is 0 Å². The van der Waals surface area contributed by atoms with Crippen molar-refractivity contribution in [3.8, 4) is 0 Å². The van der Waals surface area contributed by atoms with Gasteiger partial charge in [-0.1, -0.05) is 31.5 Å². The smallest absolute Gasteiger partial charge is 0.127 e. The zero-order valence-electron chi connectivity index (χ0n) is 11.2. The summed E-state index contributed by atoms with van der Waals surface area (Å²) in [5.74, 6) is 1.09. The highest BCUT2D eigenvalue weighted by Crippen LogP contribution is 2.28. The first-order valence-electron chi connectivity index (χ1n) is 6.54. The van der Waals surface area contributed by atoms with Gasteiger partial charge in [0.2, 0.25) is 0 Å². The van der Waals surface area contributed by atoms with E-state index in [4.69, 9.17) is 16.6 Å². The van der Waals surface area contributed by atoms with Gasteiger partial charge in [0.25, 0.3) is 0 Å². The molecule has 0 saturated heterocycles. The van der Waals surface area contributed by atoms with Gasteiger partial charge in [-0.3, -0.25) is 0 Å². The number of para-hydroxylation sites is 1. The molecule has 0 amide bonds. The first-order valence-corrected chi connectivity index (χ1v) is 6.92. The van der Waals surface area contributed by atoms with Crippen molar-refractivity contribution in [3.05, 3.63) is 29.0 Å². The summed E-state index contributed by atoms with van der Waals surface area (Å²) in [7, 11) is 1.98. The maximum Gasteiger partial charge on any atom is 0.127 e. The average molecular weight is 266 g/mol. The number of fused-ring (bicyclic) bond motifs is 1. The molecule has 1 N–H and O–H groups in total. The van der Waals surface area contributed by atoms with Gasteiger partial charge in [-0.05, 0) is 32.0 Å². The van der Waals surface area contributed by atoms with Gasteiger partial charge in [0, 0.05) is 6.54 Å². The van der Waals surface area contributed by atoms with Crippen LogP contribution in [0.5, 0.6) is 0 Å². The average Bonchev–Trinajstić information content (AvgIpc) is 2.72. The van der Waals surface area contributed by atoms with Gasteiger partial charge >= 0.3 is 0 Å². The van der Waals surface area contributed by atoms with Gasteiger partial charge in [-0.25, -0.2) is 4.98 Å². The van der Waals surface area contributed by atoms with E-state index in [0.717, 1.165) is 41.3 Å². The van der Waals surface area contributed by atoms with Crippen molar-refractivity contribution in [2.75, 3.05) is 7.05 Å². The van der Waals surface area contributed by atoms with E-state index in [2.05, 4.69) is 23.7 Å². The lowest BCUT2D eigenvalue weighted by Crippen LogP contribution is -2.20. The number of nitrogens with zero attached hydrogens (tertiary/aromatic N) is 2. The largest absolute Gasteiger partial charge is 0.325 e. The van der Waals surface area contributed by atoms with Gasteiger partial charge in [-0.2, -0.15) is 0 Å². The van der Waals surface area contributed by atoms with E-state index in [1.165, 1.54) is 0 Å². The molecule has 2 rings (SSSR count). The molecule has 0 aliphatic carbocycles. The summed E-state index contributed by atoms with van der Waals surface area (Å²) >= 11 is 6.32. The van der Waals surface area contributed by atoms with Crippen molar-refractivity contribution in [1.82, 2.24) is 14.9 Å². The van der Waals surface area contributed by atoms with Crippen molar-refractivity contribution in [2.24, 2.45) is 0 Å². The molecule has 0 spiro atoms. The number of aromatic nitrogens is 2. The van der Waals surface area contributed by atoms with Gasteiger partial charge in [0.05, 0.1) is 22.1 Å². The molecule has 1 aromatic heterocycles. The molecule has 1 unspecified atom stereocenters. The summed E-state index contributed by atoms with van der Waals surface area (Å²) < 4.78 is 2.25. The van der Waals surface area contributed by atoms with Crippen molar-refractivity contribution in [3.63, 3.8) is 0 Å². The van der Waals surface area contributed by atoms with Crippen LogP contribution in [0.3, 0.4) is 0 Å². The number of hydrogen-bond donors (Lipinski definition) is 1. The Morgan fingerprint density at radius 2 is 2.17 bits per heavy atom. The lowest BCUT2D eigenvalue weighted by molar-refractivity contribution is 0.508. The standard InChI is InChI=1S/C14H20ClN3/c1-4-9-18-13-10(15)7-6-8-12(13)17-14(18)11(5-2)16-3/h6-8,11,16H,4-5,9H2,1-3H3. The monoisotopic (exact) mass is 265 g/mol. The minimum Gasteiger partial charge on any atom is -0.325 e. The van der Waals surface area contributed by atoms with Crippen LogP contribution in [0.1, 0.15) is 38.6 Å². The van der Waals surface area contributed by atoms with Gasteiger partial charge < -0.3 is 9.88 Å². The molecule has 0 aliphatic heterocycles. The zero-order chi connectivity index (χ0) is 13.1. The molecule has 0 saturated carbocycles. The number of rotatable bonds is 5. The minimum absolute atomic E-state index is 0.278. The molecule has 3 nitrogen and oxygen atoms in total. The predicted molar refractivity (Wildman–Crippen MR) is 77.1 cm³/mol. The Balaban J connectivity index is 2.65. The van der Waals surface area contributed by atoms with Gasteiger partial charge in [0.15, 0.2) is 0 Å². The molecule has 0 fully saturated rings. The molecule has 18 heavy (non-hydrogen) atoms. The Kier molecular flexibility index (Phi) is 4.25. The summed E-state index contributed by atoms with van der Waals surface area (Å²) in [6.45, 7) is 5.29. The molecule has 0 radical (unpaired) electrons. The van der Waals surface area contributed by atoms with E-state index in [1.807, 2.05) is 25.2 Å². The molecule has 4 heteroatoms. The first kappa shape index (κ1) is 13.4. The Morgan fingerprint density at radius 3 is 2.78 bits per heavy atom. The Labute approximate surface area is 113 Å². The van der Waals surface area contributed by atoms with E-state index < -0.39 is 0 Å². The topological polar surface area (TPSA) is 29.9 Å². The van der Waals surface area contributed by atoms with Crippen molar-refractivity contribution in [2.45, 2.75) is 39.3 Å². The summed E-state index contributed by atoms with van der Waals surface area (Å²) in [4.78, 5) is 4.75. The maximum absolute atomic E-state index is 6.32. The van der Waals surface area contributed by atoms with Crippen molar-refractivity contribution < 1.29 is 0 Å². The third-order valence-electron chi connectivity index (χ3n) is 3.26. The number of imidazole rings is 1. The molecule has 2 aromatic rings. The van der Waals surface area contributed by atoms with Gasteiger partial charge in [-0.15, -0.1) is 0 Å². The van der Waals surface area contributed by atoms with Crippen LogP contribution in [0.25, 0.3) is 11.0 Å². The maximum atomic E-state index is 6.32.